The summed E-state index contributed by atoms with van der Waals surface area (Å²) in [6.07, 6.45) is 2.10. The standard InChI is InChI=1S/C21H29N5O2S.HI/c1-23-21(24-15-18-8-5-9-20(14-18)29(22,27)28)25-19-10-12-26(13-11-19)16-17-6-3-2-4-7-17;/h2-9,14,19H,10-13,15-16H2,1H3,(H2,22,27,28)(H2,23,24,25);1H. The molecule has 0 bridgehead atoms. The van der Waals surface area contributed by atoms with Gasteiger partial charge in [-0.3, -0.25) is 9.89 Å². The Morgan fingerprint density at radius 3 is 2.40 bits per heavy atom. The molecule has 2 aromatic rings. The lowest BCUT2D eigenvalue weighted by atomic mass is 10.0. The Kier molecular flexibility index (Phi) is 9.53. The third-order valence-corrected chi connectivity index (χ3v) is 6.00. The number of benzene rings is 2. The molecule has 1 saturated heterocycles. The van der Waals surface area contributed by atoms with Crippen LogP contribution in [0.3, 0.4) is 0 Å². The molecule has 0 unspecified atom stereocenters. The van der Waals surface area contributed by atoms with E-state index in [-0.39, 0.29) is 28.9 Å². The summed E-state index contributed by atoms with van der Waals surface area (Å²) in [4.78, 5) is 6.88. The smallest absolute Gasteiger partial charge is 0.238 e. The Morgan fingerprint density at radius 1 is 1.10 bits per heavy atom. The second-order valence-corrected chi connectivity index (χ2v) is 8.86. The highest BCUT2D eigenvalue weighted by molar-refractivity contribution is 14.0. The van der Waals surface area contributed by atoms with Crippen LogP contribution in [-0.4, -0.2) is 45.5 Å². The number of nitrogens with zero attached hydrogens (tertiary/aromatic N) is 2. The minimum atomic E-state index is -3.70. The number of nitrogens with one attached hydrogen (secondary N) is 2. The van der Waals surface area contributed by atoms with Gasteiger partial charge in [0.05, 0.1) is 4.90 Å². The van der Waals surface area contributed by atoms with Crippen LogP contribution < -0.4 is 15.8 Å². The van der Waals surface area contributed by atoms with Crippen LogP contribution >= 0.6 is 24.0 Å². The van der Waals surface area contributed by atoms with Crippen molar-refractivity contribution >= 4 is 40.0 Å². The molecule has 1 heterocycles. The molecule has 0 radical (unpaired) electrons. The van der Waals surface area contributed by atoms with Gasteiger partial charge in [0, 0.05) is 39.3 Å². The first-order chi connectivity index (χ1) is 13.9. The van der Waals surface area contributed by atoms with Crippen LogP contribution in [0.1, 0.15) is 24.0 Å². The Labute approximate surface area is 196 Å². The first-order valence-corrected chi connectivity index (χ1v) is 11.3. The van der Waals surface area contributed by atoms with Crippen molar-refractivity contribution in [2.45, 2.75) is 36.9 Å². The summed E-state index contributed by atoms with van der Waals surface area (Å²) in [5.41, 5.74) is 2.18. The fraction of sp³-hybridized carbons (Fsp3) is 0.381. The lowest BCUT2D eigenvalue weighted by Gasteiger charge is -2.33. The van der Waals surface area contributed by atoms with Crippen molar-refractivity contribution in [1.29, 1.82) is 0 Å². The van der Waals surface area contributed by atoms with Crippen molar-refractivity contribution in [2.24, 2.45) is 10.1 Å². The third kappa shape index (κ3) is 7.53. The van der Waals surface area contributed by atoms with Crippen LogP contribution in [0.15, 0.2) is 64.5 Å². The van der Waals surface area contributed by atoms with Gasteiger partial charge in [0.1, 0.15) is 0 Å². The van der Waals surface area contributed by atoms with Crippen molar-refractivity contribution in [2.75, 3.05) is 20.1 Å². The Balaban J connectivity index is 0.00000320. The number of likely N-dealkylation sites (tertiary alicyclic amines) is 1. The van der Waals surface area contributed by atoms with Crippen molar-refractivity contribution < 1.29 is 8.42 Å². The van der Waals surface area contributed by atoms with Gasteiger partial charge >= 0.3 is 0 Å². The molecule has 30 heavy (non-hydrogen) atoms. The number of piperidine rings is 1. The summed E-state index contributed by atoms with van der Waals surface area (Å²) in [6, 6.07) is 17.5. The topological polar surface area (TPSA) is 99.8 Å². The van der Waals surface area contributed by atoms with Crippen LogP contribution in [0.5, 0.6) is 0 Å². The van der Waals surface area contributed by atoms with Crippen LogP contribution in [0.4, 0.5) is 0 Å². The highest BCUT2D eigenvalue weighted by atomic mass is 127. The van der Waals surface area contributed by atoms with Crippen LogP contribution in [0.25, 0.3) is 0 Å². The molecule has 1 fully saturated rings. The molecule has 164 valence electrons. The average molecular weight is 543 g/mol. The van der Waals surface area contributed by atoms with E-state index >= 15 is 0 Å². The summed E-state index contributed by atoms with van der Waals surface area (Å²) in [7, 11) is -1.96. The summed E-state index contributed by atoms with van der Waals surface area (Å²) in [6.45, 7) is 3.54. The van der Waals surface area contributed by atoms with Gasteiger partial charge in [-0.2, -0.15) is 0 Å². The zero-order valence-electron chi connectivity index (χ0n) is 17.1. The zero-order chi connectivity index (χ0) is 20.7. The largest absolute Gasteiger partial charge is 0.354 e. The minimum Gasteiger partial charge on any atom is -0.354 e. The van der Waals surface area contributed by atoms with E-state index in [4.69, 9.17) is 5.14 Å². The fourth-order valence-corrected chi connectivity index (χ4v) is 4.07. The molecule has 0 saturated carbocycles. The quantitative estimate of drug-likeness (QED) is 0.295. The second kappa shape index (κ2) is 11.6. The van der Waals surface area contributed by atoms with E-state index in [1.807, 2.05) is 12.1 Å². The van der Waals surface area contributed by atoms with E-state index in [2.05, 4.69) is 44.8 Å². The number of halogens is 1. The Morgan fingerprint density at radius 2 is 1.77 bits per heavy atom. The first-order valence-electron chi connectivity index (χ1n) is 9.79. The van der Waals surface area contributed by atoms with E-state index in [0.29, 0.717) is 18.5 Å². The lowest BCUT2D eigenvalue weighted by molar-refractivity contribution is 0.198. The van der Waals surface area contributed by atoms with E-state index in [1.54, 1.807) is 19.2 Å². The number of hydrogen-bond acceptors (Lipinski definition) is 4. The maximum absolute atomic E-state index is 11.5. The number of hydrogen-bond donors (Lipinski definition) is 3. The van der Waals surface area contributed by atoms with Crippen molar-refractivity contribution in [3.8, 4) is 0 Å². The highest BCUT2D eigenvalue weighted by Gasteiger charge is 2.20. The molecular formula is C21H30IN5O2S. The van der Waals surface area contributed by atoms with Crippen molar-refractivity contribution in [3.05, 3.63) is 65.7 Å². The Bertz CT molecular complexity index is 929. The molecule has 0 aliphatic carbocycles. The van der Waals surface area contributed by atoms with Gasteiger partial charge in [0.25, 0.3) is 0 Å². The molecule has 7 nitrogen and oxygen atoms in total. The number of primary sulfonamides is 1. The zero-order valence-corrected chi connectivity index (χ0v) is 20.3. The number of rotatable bonds is 6. The molecule has 0 amide bonds. The Hall–Kier alpha value is -1.69. The molecular weight excluding hydrogens is 513 g/mol. The van der Waals surface area contributed by atoms with Gasteiger partial charge in [-0.15, -0.1) is 24.0 Å². The molecule has 0 aromatic heterocycles. The van der Waals surface area contributed by atoms with E-state index in [9.17, 15) is 8.42 Å². The fourth-order valence-electron chi connectivity index (χ4n) is 3.48. The predicted molar refractivity (Wildman–Crippen MR) is 131 cm³/mol. The van der Waals surface area contributed by atoms with Crippen LogP contribution in [0.2, 0.25) is 0 Å². The van der Waals surface area contributed by atoms with Gasteiger partial charge in [-0.05, 0) is 36.1 Å². The van der Waals surface area contributed by atoms with Gasteiger partial charge in [0.2, 0.25) is 10.0 Å². The molecule has 3 rings (SSSR count). The maximum Gasteiger partial charge on any atom is 0.238 e. The number of aliphatic imine (C=N–C) groups is 1. The van der Waals surface area contributed by atoms with Gasteiger partial charge < -0.3 is 10.6 Å². The normalized spacial score (nSPS) is 16.0. The summed E-state index contributed by atoms with van der Waals surface area (Å²) in [5.74, 6) is 0.715. The molecule has 1 aliphatic rings. The van der Waals surface area contributed by atoms with Gasteiger partial charge in [0.15, 0.2) is 5.96 Å². The summed E-state index contributed by atoms with van der Waals surface area (Å²) in [5, 5.41) is 11.9. The van der Waals surface area contributed by atoms with Crippen molar-refractivity contribution in [1.82, 2.24) is 15.5 Å². The van der Waals surface area contributed by atoms with E-state index in [0.717, 1.165) is 38.0 Å². The molecule has 0 spiro atoms. The number of guanidine groups is 1. The first kappa shape index (κ1) is 24.6. The van der Waals surface area contributed by atoms with E-state index < -0.39 is 10.0 Å². The molecule has 0 atom stereocenters. The SMILES string of the molecule is CN=C(NCc1cccc(S(N)(=O)=O)c1)NC1CCN(Cc2ccccc2)CC1.I. The van der Waals surface area contributed by atoms with Crippen LogP contribution in [0, 0.1) is 0 Å². The third-order valence-electron chi connectivity index (χ3n) is 5.09. The molecule has 9 heteroatoms. The van der Waals surface area contributed by atoms with Crippen LogP contribution in [-0.2, 0) is 23.1 Å². The molecule has 1 aliphatic heterocycles. The maximum atomic E-state index is 11.5. The number of nitrogens with two attached hydrogens (primary N) is 1. The van der Waals surface area contributed by atoms with Gasteiger partial charge in [-0.25, -0.2) is 13.6 Å². The second-order valence-electron chi connectivity index (χ2n) is 7.30. The van der Waals surface area contributed by atoms with Crippen molar-refractivity contribution in [3.63, 3.8) is 0 Å². The van der Waals surface area contributed by atoms with Gasteiger partial charge in [-0.1, -0.05) is 42.5 Å². The highest BCUT2D eigenvalue weighted by Crippen LogP contribution is 2.14. The lowest BCUT2D eigenvalue weighted by Crippen LogP contribution is -2.48. The van der Waals surface area contributed by atoms with E-state index in [1.165, 1.54) is 11.6 Å². The number of sulfonamides is 1. The summed E-state index contributed by atoms with van der Waals surface area (Å²) >= 11 is 0. The predicted octanol–water partition coefficient (Wildman–Crippen LogP) is 2.28. The monoisotopic (exact) mass is 543 g/mol. The molecule has 4 N–H and O–H groups in total. The minimum absolute atomic E-state index is 0. The average Bonchev–Trinajstić information content (AvgIpc) is 2.73. The molecule has 2 aromatic carbocycles. The summed E-state index contributed by atoms with van der Waals surface area (Å²) < 4.78 is 23.0.